The predicted octanol–water partition coefficient (Wildman–Crippen LogP) is 6.16. The first-order valence-corrected chi connectivity index (χ1v) is 12.3. The van der Waals surface area contributed by atoms with Crippen molar-refractivity contribution in [3.63, 3.8) is 0 Å². The van der Waals surface area contributed by atoms with Crippen LogP contribution in [0.25, 0.3) is 22.4 Å². The molecular formula is C29H30N4O. The van der Waals surface area contributed by atoms with Crippen LogP contribution in [0.15, 0.2) is 54.6 Å². The molecule has 0 saturated carbocycles. The van der Waals surface area contributed by atoms with Crippen LogP contribution >= 0.6 is 0 Å². The highest BCUT2D eigenvalue weighted by Crippen LogP contribution is 2.51. The zero-order chi connectivity index (χ0) is 23.6. The van der Waals surface area contributed by atoms with Crippen molar-refractivity contribution in [1.82, 2.24) is 9.55 Å². The molecule has 34 heavy (non-hydrogen) atoms. The van der Waals surface area contributed by atoms with Gasteiger partial charge in [0.1, 0.15) is 5.82 Å². The summed E-state index contributed by atoms with van der Waals surface area (Å²) in [5.41, 5.74) is 8.44. The summed E-state index contributed by atoms with van der Waals surface area (Å²) < 4.78 is 2.17. The van der Waals surface area contributed by atoms with Gasteiger partial charge in [-0.15, -0.1) is 0 Å². The molecule has 3 heterocycles. The number of unbranched alkanes of at least 4 members (excludes halogenated alkanes) is 1. The number of amides is 1. The maximum atomic E-state index is 14.5. The van der Waals surface area contributed by atoms with Gasteiger partial charge in [-0.1, -0.05) is 38.5 Å². The van der Waals surface area contributed by atoms with Crippen LogP contribution in [0, 0.1) is 13.8 Å². The SMILES string of the molecule is CCCCN1C(=O)C2(Nc3ccccc3-c3nc4cc(C)c(C)cc4n32)c2cc(CC)ccc21. The van der Waals surface area contributed by atoms with Crippen LogP contribution in [0.3, 0.4) is 0 Å². The van der Waals surface area contributed by atoms with Crippen LogP contribution < -0.4 is 10.2 Å². The molecule has 0 radical (unpaired) electrons. The van der Waals surface area contributed by atoms with Gasteiger partial charge >= 0.3 is 0 Å². The van der Waals surface area contributed by atoms with Crippen molar-refractivity contribution in [2.45, 2.75) is 52.6 Å². The lowest BCUT2D eigenvalue weighted by atomic mass is 9.93. The number of para-hydroxylation sites is 1. The molecule has 172 valence electrons. The summed E-state index contributed by atoms with van der Waals surface area (Å²) in [4.78, 5) is 21.6. The maximum Gasteiger partial charge on any atom is 0.279 e. The molecule has 1 N–H and O–H groups in total. The van der Waals surface area contributed by atoms with E-state index in [-0.39, 0.29) is 5.91 Å². The zero-order valence-electron chi connectivity index (χ0n) is 20.3. The minimum absolute atomic E-state index is 0.0671. The molecule has 5 heteroatoms. The molecule has 0 fully saturated rings. The topological polar surface area (TPSA) is 50.2 Å². The Labute approximate surface area is 200 Å². The summed E-state index contributed by atoms with van der Waals surface area (Å²) >= 11 is 0. The lowest BCUT2D eigenvalue weighted by Crippen LogP contribution is -2.53. The molecule has 1 aromatic heterocycles. The fraction of sp³-hybridized carbons (Fsp3) is 0.310. The van der Waals surface area contributed by atoms with Crippen molar-refractivity contribution in [3.8, 4) is 11.4 Å². The highest BCUT2D eigenvalue weighted by atomic mass is 16.2. The van der Waals surface area contributed by atoms with Crippen LogP contribution in [-0.4, -0.2) is 22.0 Å². The summed E-state index contributed by atoms with van der Waals surface area (Å²) in [6.07, 6.45) is 2.91. The third-order valence-electron chi connectivity index (χ3n) is 7.53. The molecule has 1 spiro atoms. The Morgan fingerprint density at radius 3 is 2.59 bits per heavy atom. The number of hydrogen-bond acceptors (Lipinski definition) is 3. The van der Waals surface area contributed by atoms with E-state index < -0.39 is 5.66 Å². The number of anilines is 2. The molecule has 0 bridgehead atoms. The van der Waals surface area contributed by atoms with Crippen LogP contribution in [0.1, 0.15) is 48.9 Å². The van der Waals surface area contributed by atoms with Crippen molar-refractivity contribution in [2.24, 2.45) is 0 Å². The Morgan fingerprint density at radius 1 is 1.00 bits per heavy atom. The second-order valence-electron chi connectivity index (χ2n) is 9.59. The lowest BCUT2D eigenvalue weighted by Gasteiger charge is -2.38. The fourth-order valence-electron chi connectivity index (χ4n) is 5.51. The number of hydrogen-bond donors (Lipinski definition) is 1. The van der Waals surface area contributed by atoms with Gasteiger partial charge in [0.25, 0.3) is 5.91 Å². The van der Waals surface area contributed by atoms with Crippen LogP contribution in [0.2, 0.25) is 0 Å². The molecule has 1 amide bonds. The average Bonchev–Trinajstić information content (AvgIpc) is 3.32. The average molecular weight is 451 g/mol. The Hall–Kier alpha value is -3.60. The summed E-state index contributed by atoms with van der Waals surface area (Å²) in [5.74, 6) is 0.908. The van der Waals surface area contributed by atoms with E-state index in [0.717, 1.165) is 58.6 Å². The minimum atomic E-state index is -1.06. The normalized spacial score (nSPS) is 18.2. The molecule has 1 atom stereocenters. The number of fused-ring (bicyclic) bond motifs is 8. The van der Waals surface area contributed by atoms with Crippen LogP contribution in [-0.2, 0) is 16.9 Å². The number of nitrogens with one attached hydrogen (secondary N) is 1. The first kappa shape index (κ1) is 21.0. The van der Waals surface area contributed by atoms with Gasteiger partial charge in [0.2, 0.25) is 5.66 Å². The molecule has 4 aromatic rings. The van der Waals surface area contributed by atoms with Crippen molar-refractivity contribution >= 4 is 28.3 Å². The van der Waals surface area contributed by atoms with Crippen LogP contribution in [0.4, 0.5) is 11.4 Å². The Morgan fingerprint density at radius 2 is 1.79 bits per heavy atom. The van der Waals surface area contributed by atoms with Gasteiger partial charge in [0.15, 0.2) is 0 Å². The Bertz CT molecular complexity index is 1470. The molecule has 6 rings (SSSR count). The van der Waals surface area contributed by atoms with Gasteiger partial charge in [-0.2, -0.15) is 0 Å². The largest absolute Gasteiger partial charge is 0.350 e. The smallest absolute Gasteiger partial charge is 0.279 e. The second-order valence-corrected chi connectivity index (χ2v) is 9.59. The number of imidazole rings is 1. The Kier molecular flexibility index (Phi) is 4.60. The highest BCUT2D eigenvalue weighted by Gasteiger charge is 2.56. The molecular weight excluding hydrogens is 420 g/mol. The standard InChI is InChI=1S/C29H30N4O/c1-5-7-14-32-25-13-12-20(6-2)17-22(25)29(28(32)34)31-23-11-9-8-10-21(23)27-30-24-15-18(3)19(4)16-26(24)33(27)29/h8-13,15-17,31H,5-7,14H2,1-4H3. The van der Waals surface area contributed by atoms with E-state index in [0.29, 0.717) is 6.54 Å². The van der Waals surface area contributed by atoms with E-state index >= 15 is 0 Å². The first-order valence-electron chi connectivity index (χ1n) is 12.3. The van der Waals surface area contributed by atoms with Gasteiger partial charge in [0, 0.05) is 23.4 Å². The van der Waals surface area contributed by atoms with Crippen LogP contribution in [0.5, 0.6) is 0 Å². The maximum absolute atomic E-state index is 14.5. The Balaban J connectivity index is 1.73. The van der Waals surface area contributed by atoms with Crippen molar-refractivity contribution in [1.29, 1.82) is 0 Å². The summed E-state index contributed by atoms with van der Waals surface area (Å²) in [5, 5.41) is 3.74. The van der Waals surface area contributed by atoms with Gasteiger partial charge in [-0.25, -0.2) is 4.98 Å². The molecule has 0 saturated heterocycles. The monoisotopic (exact) mass is 450 g/mol. The third-order valence-corrected chi connectivity index (χ3v) is 7.53. The molecule has 2 aliphatic rings. The summed E-state index contributed by atoms with van der Waals surface area (Å²) in [6, 6.07) is 19.0. The van der Waals surface area contributed by atoms with Gasteiger partial charge in [-0.3, -0.25) is 9.36 Å². The van der Waals surface area contributed by atoms with E-state index in [1.807, 2.05) is 17.0 Å². The van der Waals surface area contributed by atoms with E-state index in [1.54, 1.807) is 0 Å². The van der Waals surface area contributed by atoms with Crippen molar-refractivity contribution < 1.29 is 4.79 Å². The number of nitrogens with zero attached hydrogens (tertiary/aromatic N) is 3. The molecule has 0 aliphatic carbocycles. The number of aromatic nitrogens is 2. The van der Waals surface area contributed by atoms with E-state index in [2.05, 4.69) is 80.0 Å². The van der Waals surface area contributed by atoms with E-state index in [9.17, 15) is 4.79 Å². The van der Waals surface area contributed by atoms with E-state index in [1.165, 1.54) is 16.7 Å². The molecule has 3 aromatic carbocycles. The quantitative estimate of drug-likeness (QED) is 0.405. The molecule has 2 aliphatic heterocycles. The minimum Gasteiger partial charge on any atom is -0.350 e. The van der Waals surface area contributed by atoms with Gasteiger partial charge in [0.05, 0.1) is 16.7 Å². The fourth-order valence-corrected chi connectivity index (χ4v) is 5.51. The number of rotatable bonds is 4. The number of aryl methyl sites for hydroxylation is 3. The van der Waals surface area contributed by atoms with E-state index in [4.69, 9.17) is 4.98 Å². The molecule has 5 nitrogen and oxygen atoms in total. The third kappa shape index (κ3) is 2.67. The second kappa shape index (κ2) is 7.45. The number of carbonyl (C=O) groups excluding carboxylic acids is 1. The van der Waals surface area contributed by atoms with Gasteiger partial charge < -0.3 is 10.2 Å². The summed E-state index contributed by atoms with van der Waals surface area (Å²) in [6.45, 7) is 9.27. The van der Waals surface area contributed by atoms with Crippen molar-refractivity contribution in [3.05, 3.63) is 76.9 Å². The lowest BCUT2D eigenvalue weighted by molar-refractivity contribution is -0.123. The highest BCUT2D eigenvalue weighted by molar-refractivity contribution is 6.12. The van der Waals surface area contributed by atoms with Gasteiger partial charge in [-0.05, 0) is 79.8 Å². The van der Waals surface area contributed by atoms with Crippen molar-refractivity contribution in [2.75, 3.05) is 16.8 Å². The number of benzene rings is 3. The predicted molar refractivity (Wildman–Crippen MR) is 138 cm³/mol. The first-order chi connectivity index (χ1) is 16.5. The zero-order valence-corrected chi connectivity index (χ0v) is 20.3. The number of carbonyl (C=O) groups is 1. The summed E-state index contributed by atoms with van der Waals surface area (Å²) in [7, 11) is 0. The molecule has 1 unspecified atom stereocenters.